The van der Waals surface area contributed by atoms with Crippen LogP contribution in [0.5, 0.6) is 11.5 Å². The summed E-state index contributed by atoms with van der Waals surface area (Å²) >= 11 is 3.62. The van der Waals surface area contributed by atoms with E-state index in [1.807, 2.05) is 12.1 Å². The predicted octanol–water partition coefficient (Wildman–Crippen LogP) is 4.00. The van der Waals surface area contributed by atoms with Gasteiger partial charge in [-0.2, -0.15) is 0 Å². The van der Waals surface area contributed by atoms with Gasteiger partial charge in [-0.3, -0.25) is 0 Å². The van der Waals surface area contributed by atoms with E-state index >= 15 is 0 Å². The van der Waals surface area contributed by atoms with Gasteiger partial charge in [0.1, 0.15) is 6.61 Å². The largest absolute Gasteiger partial charge is 0.493 e. The summed E-state index contributed by atoms with van der Waals surface area (Å²) < 4.78 is 12.5. The van der Waals surface area contributed by atoms with Gasteiger partial charge in [0.15, 0.2) is 11.5 Å². The summed E-state index contributed by atoms with van der Waals surface area (Å²) in [5.41, 5.74) is 3.53. The van der Waals surface area contributed by atoms with Gasteiger partial charge in [0.2, 0.25) is 0 Å². The number of aryl methyl sites for hydroxylation is 1. The molecule has 1 N–H and O–H groups in total. The van der Waals surface area contributed by atoms with Crippen LogP contribution in [0.15, 0.2) is 40.9 Å². The van der Waals surface area contributed by atoms with Crippen LogP contribution >= 0.6 is 15.9 Å². The van der Waals surface area contributed by atoms with Crippen molar-refractivity contribution >= 4 is 15.9 Å². The van der Waals surface area contributed by atoms with Gasteiger partial charge in [0.05, 0.1) is 11.6 Å². The number of benzene rings is 2. The molecule has 0 saturated heterocycles. The molecular formula is C20H27BrN2O2. The summed E-state index contributed by atoms with van der Waals surface area (Å²) in [5.74, 6) is 1.48. The lowest BCUT2D eigenvalue weighted by Gasteiger charge is -2.15. The third kappa shape index (κ3) is 6.34. The average molecular weight is 407 g/mol. The van der Waals surface area contributed by atoms with Crippen LogP contribution in [0.25, 0.3) is 0 Å². The molecule has 0 saturated carbocycles. The molecule has 0 aliphatic rings. The van der Waals surface area contributed by atoms with Crippen molar-refractivity contribution in [2.24, 2.45) is 0 Å². The van der Waals surface area contributed by atoms with E-state index in [1.54, 1.807) is 7.11 Å². The fourth-order valence-electron chi connectivity index (χ4n) is 2.51. The van der Waals surface area contributed by atoms with Crippen LogP contribution in [-0.4, -0.2) is 39.2 Å². The fraction of sp³-hybridized carbons (Fsp3) is 0.400. The highest BCUT2D eigenvalue weighted by atomic mass is 79.9. The van der Waals surface area contributed by atoms with Gasteiger partial charge < -0.3 is 19.7 Å². The normalized spacial score (nSPS) is 11.0. The minimum Gasteiger partial charge on any atom is -0.493 e. The number of hydrogen-bond acceptors (Lipinski definition) is 4. The molecule has 2 aromatic carbocycles. The average Bonchev–Trinajstić information content (AvgIpc) is 2.57. The first-order valence-electron chi connectivity index (χ1n) is 8.40. The summed E-state index contributed by atoms with van der Waals surface area (Å²) in [4.78, 5) is 2.16. The Hall–Kier alpha value is -1.56. The van der Waals surface area contributed by atoms with Gasteiger partial charge in [0, 0.05) is 19.6 Å². The Kier molecular flexibility index (Phi) is 7.75. The highest BCUT2D eigenvalue weighted by Crippen LogP contribution is 2.37. The molecule has 0 aliphatic carbocycles. The smallest absolute Gasteiger partial charge is 0.175 e. The van der Waals surface area contributed by atoms with E-state index in [1.165, 1.54) is 5.56 Å². The zero-order valence-corrected chi connectivity index (χ0v) is 17.0. The van der Waals surface area contributed by atoms with Crippen molar-refractivity contribution in [3.63, 3.8) is 0 Å². The first-order valence-corrected chi connectivity index (χ1v) is 9.19. The molecule has 0 aliphatic heterocycles. The number of nitrogens with zero attached hydrogens (tertiary/aromatic N) is 1. The maximum atomic E-state index is 6.01. The van der Waals surface area contributed by atoms with Gasteiger partial charge in [-0.15, -0.1) is 0 Å². The predicted molar refractivity (Wildman–Crippen MR) is 106 cm³/mol. The molecule has 0 aromatic heterocycles. The minimum atomic E-state index is 0.511. The fourth-order valence-corrected chi connectivity index (χ4v) is 3.11. The maximum absolute atomic E-state index is 6.01. The molecule has 136 valence electrons. The molecule has 0 bridgehead atoms. The van der Waals surface area contributed by atoms with E-state index in [4.69, 9.17) is 9.47 Å². The number of ether oxygens (including phenoxy) is 2. The van der Waals surface area contributed by atoms with Gasteiger partial charge >= 0.3 is 0 Å². The molecule has 0 radical (unpaired) electrons. The Morgan fingerprint density at radius 3 is 2.60 bits per heavy atom. The molecule has 0 heterocycles. The van der Waals surface area contributed by atoms with Gasteiger partial charge in [0.25, 0.3) is 0 Å². The summed E-state index contributed by atoms with van der Waals surface area (Å²) in [7, 11) is 5.81. The Labute approximate surface area is 159 Å². The number of likely N-dealkylation sites (N-methyl/N-ethyl adjacent to an activating group) is 1. The Bertz CT molecular complexity index is 689. The molecule has 4 nitrogen and oxygen atoms in total. The summed E-state index contributed by atoms with van der Waals surface area (Å²) in [6.07, 6.45) is 0. The Morgan fingerprint density at radius 2 is 1.92 bits per heavy atom. The molecule has 0 unspecified atom stereocenters. The lowest BCUT2D eigenvalue weighted by atomic mass is 10.1. The SMILES string of the molecule is COc1cc(CNCCN(C)C)cc(Br)c1OCc1cccc(C)c1. The highest BCUT2D eigenvalue weighted by Gasteiger charge is 2.12. The number of nitrogens with one attached hydrogen (secondary N) is 1. The first kappa shape index (κ1) is 19.8. The van der Waals surface area contributed by atoms with Crippen molar-refractivity contribution in [2.45, 2.75) is 20.1 Å². The highest BCUT2D eigenvalue weighted by molar-refractivity contribution is 9.10. The lowest BCUT2D eigenvalue weighted by molar-refractivity contribution is 0.282. The van der Waals surface area contributed by atoms with Crippen LogP contribution in [0.3, 0.4) is 0 Å². The lowest BCUT2D eigenvalue weighted by Crippen LogP contribution is -2.26. The minimum absolute atomic E-state index is 0.511. The second-order valence-electron chi connectivity index (χ2n) is 6.37. The Balaban J connectivity index is 2.03. The van der Waals surface area contributed by atoms with Crippen molar-refractivity contribution < 1.29 is 9.47 Å². The van der Waals surface area contributed by atoms with Crippen molar-refractivity contribution in [2.75, 3.05) is 34.3 Å². The van der Waals surface area contributed by atoms with Crippen molar-refractivity contribution in [1.29, 1.82) is 0 Å². The summed E-state index contributed by atoms with van der Waals surface area (Å²) in [5, 5.41) is 3.44. The van der Waals surface area contributed by atoms with Crippen LogP contribution in [0.2, 0.25) is 0 Å². The van der Waals surface area contributed by atoms with E-state index in [-0.39, 0.29) is 0 Å². The van der Waals surface area contributed by atoms with Crippen molar-refractivity contribution in [3.8, 4) is 11.5 Å². The third-order valence-corrected chi connectivity index (χ3v) is 4.41. The van der Waals surface area contributed by atoms with Crippen LogP contribution in [-0.2, 0) is 13.2 Å². The van der Waals surface area contributed by atoms with Gasteiger partial charge in [-0.1, -0.05) is 29.8 Å². The second kappa shape index (κ2) is 9.80. The van der Waals surface area contributed by atoms with Crippen molar-refractivity contribution in [3.05, 3.63) is 57.6 Å². The van der Waals surface area contributed by atoms with Gasteiger partial charge in [-0.25, -0.2) is 0 Å². The molecule has 0 fully saturated rings. The molecule has 0 atom stereocenters. The number of hydrogen-bond donors (Lipinski definition) is 1. The first-order chi connectivity index (χ1) is 12.0. The molecule has 0 spiro atoms. The molecule has 2 aromatic rings. The number of methoxy groups -OCH3 is 1. The topological polar surface area (TPSA) is 33.7 Å². The quantitative estimate of drug-likeness (QED) is 0.638. The zero-order valence-electron chi connectivity index (χ0n) is 15.4. The number of rotatable bonds is 9. The standard InChI is InChI=1S/C20H27BrN2O2/c1-15-6-5-7-16(10-15)14-25-20-18(21)11-17(12-19(20)24-4)13-22-8-9-23(2)3/h5-7,10-12,22H,8-9,13-14H2,1-4H3. The van der Waals surface area contributed by atoms with E-state index in [2.05, 4.69) is 71.4 Å². The van der Waals surface area contributed by atoms with Crippen LogP contribution in [0, 0.1) is 6.92 Å². The molecule has 0 amide bonds. The number of halogens is 1. The molecular weight excluding hydrogens is 380 g/mol. The molecule has 5 heteroatoms. The van der Waals surface area contributed by atoms with Gasteiger partial charge in [-0.05, 0) is 60.2 Å². The molecule has 2 rings (SSSR count). The van der Waals surface area contributed by atoms with Crippen LogP contribution in [0.1, 0.15) is 16.7 Å². The second-order valence-corrected chi connectivity index (χ2v) is 7.22. The Morgan fingerprint density at radius 1 is 1.12 bits per heavy atom. The van der Waals surface area contributed by atoms with Crippen molar-refractivity contribution in [1.82, 2.24) is 10.2 Å². The maximum Gasteiger partial charge on any atom is 0.175 e. The monoisotopic (exact) mass is 406 g/mol. The summed E-state index contributed by atoms with van der Waals surface area (Å²) in [6, 6.07) is 12.4. The van der Waals surface area contributed by atoms with E-state index in [9.17, 15) is 0 Å². The van der Waals surface area contributed by atoms with Crippen LogP contribution < -0.4 is 14.8 Å². The summed E-state index contributed by atoms with van der Waals surface area (Å²) in [6.45, 7) is 5.34. The van der Waals surface area contributed by atoms with E-state index in [0.717, 1.165) is 46.7 Å². The van der Waals surface area contributed by atoms with Crippen LogP contribution in [0.4, 0.5) is 0 Å². The zero-order chi connectivity index (χ0) is 18.2. The van der Waals surface area contributed by atoms with E-state index < -0.39 is 0 Å². The molecule has 25 heavy (non-hydrogen) atoms. The van der Waals surface area contributed by atoms with E-state index in [0.29, 0.717) is 6.61 Å². The third-order valence-electron chi connectivity index (χ3n) is 3.82.